The van der Waals surface area contributed by atoms with Crippen LogP contribution >= 0.6 is 15.8 Å². The van der Waals surface area contributed by atoms with Crippen LogP contribution in [0.1, 0.15) is 165 Å². The number of benzene rings is 2. The van der Waals surface area contributed by atoms with E-state index in [0.717, 1.165) is 91.6 Å². The van der Waals surface area contributed by atoms with Crippen LogP contribution in [0.25, 0.3) is 0 Å². The molecule has 0 nitrogen and oxygen atoms in total. The van der Waals surface area contributed by atoms with Crippen molar-refractivity contribution < 1.29 is 0 Å². The fourth-order valence-corrected chi connectivity index (χ4v) is 31.2. The molecule has 0 aromatic heterocycles. The Morgan fingerprint density at radius 3 is 0.643 bits per heavy atom. The van der Waals surface area contributed by atoms with Crippen LogP contribution in [0.5, 0.6) is 0 Å². The van der Waals surface area contributed by atoms with E-state index < -0.39 is 0 Å². The van der Waals surface area contributed by atoms with Gasteiger partial charge in [-0.1, -0.05) is 76.5 Å². The molecule has 0 unspecified atom stereocenters. The number of hydrogen-bond acceptors (Lipinski definition) is 0. The molecular formula is C54H74P2. The van der Waals surface area contributed by atoms with Crippen molar-refractivity contribution in [1.82, 2.24) is 0 Å². The molecule has 2 heteroatoms. The predicted molar refractivity (Wildman–Crippen MR) is 238 cm³/mol. The van der Waals surface area contributed by atoms with E-state index in [1.807, 2.05) is 47.5 Å². The maximum atomic E-state index is 2.78. The lowest BCUT2D eigenvalue weighted by molar-refractivity contribution is 0.0180. The average molecular weight is 785 g/mol. The van der Waals surface area contributed by atoms with Crippen molar-refractivity contribution in [3.05, 3.63) is 71.8 Å². The molecule has 2 aromatic carbocycles. The van der Waals surface area contributed by atoms with Gasteiger partial charge in [0.2, 0.25) is 0 Å². The summed E-state index contributed by atoms with van der Waals surface area (Å²) in [5.74, 6) is 13.3. The molecule has 16 aliphatic rings. The van der Waals surface area contributed by atoms with Crippen molar-refractivity contribution in [1.29, 1.82) is 0 Å². The van der Waals surface area contributed by atoms with Gasteiger partial charge < -0.3 is 0 Å². The van der Waals surface area contributed by atoms with E-state index >= 15 is 0 Å². The van der Waals surface area contributed by atoms with Crippen LogP contribution in [0.15, 0.2) is 60.7 Å². The first kappa shape index (κ1) is 36.0. The fourth-order valence-electron chi connectivity index (χ4n) is 20.9. The van der Waals surface area contributed by atoms with Crippen molar-refractivity contribution in [3.8, 4) is 0 Å². The van der Waals surface area contributed by atoms with E-state index in [0.29, 0.717) is 0 Å². The van der Waals surface area contributed by atoms with Gasteiger partial charge in [0.1, 0.15) is 0 Å². The molecule has 56 heavy (non-hydrogen) atoms. The Kier molecular flexibility index (Phi) is 8.61. The predicted octanol–water partition coefficient (Wildman–Crippen LogP) is 15.2. The van der Waals surface area contributed by atoms with Crippen LogP contribution in [0.4, 0.5) is 0 Å². The minimum absolute atomic E-state index is 0.0268. The van der Waals surface area contributed by atoms with Gasteiger partial charge in [0.25, 0.3) is 0 Å². The Bertz CT molecular complexity index is 1400. The minimum Gasteiger partial charge on any atom is -0.0894 e. The largest absolute Gasteiger partial charge is 0.0894 e. The molecule has 16 fully saturated rings. The Hall–Kier alpha value is -0.700. The molecule has 16 saturated carbocycles. The molecule has 16 bridgehead atoms. The molecule has 0 amide bonds. The quantitative estimate of drug-likeness (QED) is 0.234. The van der Waals surface area contributed by atoms with E-state index in [4.69, 9.17) is 0 Å². The van der Waals surface area contributed by atoms with E-state index in [1.165, 1.54) is 0 Å². The van der Waals surface area contributed by atoms with Gasteiger partial charge >= 0.3 is 0 Å². The highest BCUT2D eigenvalue weighted by molar-refractivity contribution is 7.60. The third-order valence-electron chi connectivity index (χ3n) is 20.8. The summed E-state index contributed by atoms with van der Waals surface area (Å²) >= 11 is 0. The van der Waals surface area contributed by atoms with Crippen molar-refractivity contribution in [2.24, 2.45) is 71.0 Å². The Morgan fingerprint density at radius 2 is 0.464 bits per heavy atom. The first-order valence-corrected chi connectivity index (χ1v) is 28.1. The number of hydrogen-bond donors (Lipinski definition) is 0. The third kappa shape index (κ3) is 5.97. The van der Waals surface area contributed by atoms with Crippen molar-refractivity contribution >= 4 is 15.8 Å². The molecule has 0 spiro atoms. The van der Waals surface area contributed by atoms with Gasteiger partial charge in [-0.2, -0.15) is 0 Å². The summed E-state index contributed by atoms with van der Waals surface area (Å²) < 4.78 is 0. The molecule has 0 heterocycles. The molecule has 0 saturated heterocycles. The van der Waals surface area contributed by atoms with E-state index in [2.05, 4.69) is 24.3 Å². The zero-order valence-electron chi connectivity index (χ0n) is 35.0. The SMILES string of the molecule is c1ccc(CP(C23CC4CC(CC(C4)C2)C3)C23CC4CC(CC(C4)C2)C3)c(CP(C23CC4CC(CC(C4)C2)C3)C23CC4CC(CC(C4)C2)C3)c1.c1ccccc1. The summed E-state index contributed by atoms with van der Waals surface area (Å²) in [4.78, 5) is 0. The van der Waals surface area contributed by atoms with Gasteiger partial charge in [-0.15, -0.1) is 0 Å². The molecular weight excluding hydrogens is 711 g/mol. The summed E-state index contributed by atoms with van der Waals surface area (Å²) in [6, 6.07) is 22.6. The van der Waals surface area contributed by atoms with Gasteiger partial charge in [0.05, 0.1) is 0 Å². The fraction of sp³-hybridized carbons (Fsp3) is 0.778. The Labute approximate surface area is 344 Å². The van der Waals surface area contributed by atoms with Gasteiger partial charge in [0, 0.05) is 0 Å². The zero-order valence-corrected chi connectivity index (χ0v) is 36.8. The molecule has 2 aromatic rings. The van der Waals surface area contributed by atoms with Crippen LogP contribution < -0.4 is 0 Å². The lowest BCUT2D eigenvalue weighted by Crippen LogP contribution is -2.57. The summed E-state index contributed by atoms with van der Waals surface area (Å²) in [7, 11) is 0.0536. The summed E-state index contributed by atoms with van der Waals surface area (Å²) in [5, 5.41) is 3.03. The molecule has 16 aliphatic carbocycles. The summed E-state index contributed by atoms with van der Waals surface area (Å²) in [6.07, 6.45) is 42.6. The van der Waals surface area contributed by atoms with Gasteiger partial charge in [-0.05, 0) is 269 Å². The monoisotopic (exact) mass is 785 g/mol. The second kappa shape index (κ2) is 13.4. The molecule has 0 radical (unpaired) electrons. The maximum absolute atomic E-state index is 2.78. The van der Waals surface area contributed by atoms with Crippen molar-refractivity contribution in [2.75, 3.05) is 0 Å². The van der Waals surface area contributed by atoms with Crippen LogP contribution in [0, 0.1) is 71.0 Å². The first-order chi connectivity index (χ1) is 27.4. The van der Waals surface area contributed by atoms with Crippen LogP contribution in [-0.4, -0.2) is 20.6 Å². The summed E-state index contributed by atoms with van der Waals surface area (Å²) in [6.45, 7) is 0. The molecule has 0 atom stereocenters. The highest BCUT2D eigenvalue weighted by atomic mass is 31.1. The molecule has 0 N–H and O–H groups in total. The minimum atomic E-state index is 0.0268. The van der Waals surface area contributed by atoms with E-state index in [-0.39, 0.29) is 15.8 Å². The molecule has 300 valence electrons. The van der Waals surface area contributed by atoms with Gasteiger partial charge in [0.15, 0.2) is 0 Å². The topological polar surface area (TPSA) is 0 Å². The summed E-state index contributed by atoms with van der Waals surface area (Å²) in [5.41, 5.74) is 3.87. The average Bonchev–Trinajstić information content (AvgIpc) is 3.15. The normalized spacial score (nSPS) is 51.6. The second-order valence-corrected chi connectivity index (χ2v) is 30.8. The van der Waals surface area contributed by atoms with Crippen molar-refractivity contribution in [3.63, 3.8) is 0 Å². The third-order valence-corrected chi connectivity index (χ3v) is 28.8. The Morgan fingerprint density at radius 1 is 0.286 bits per heavy atom. The van der Waals surface area contributed by atoms with Gasteiger partial charge in [-0.3, -0.25) is 0 Å². The maximum Gasteiger partial charge on any atom is -0.00603 e. The lowest BCUT2D eigenvalue weighted by Gasteiger charge is -2.68. The zero-order chi connectivity index (χ0) is 36.7. The van der Waals surface area contributed by atoms with Crippen LogP contribution in [-0.2, 0) is 12.3 Å². The van der Waals surface area contributed by atoms with Gasteiger partial charge in [-0.25, -0.2) is 0 Å². The van der Waals surface area contributed by atoms with Crippen LogP contribution in [0.3, 0.4) is 0 Å². The van der Waals surface area contributed by atoms with E-state index in [1.54, 1.807) is 166 Å². The second-order valence-electron chi connectivity index (χ2n) is 24.7. The molecule has 18 rings (SSSR count). The smallest absolute Gasteiger partial charge is 0.00603 e. The standard InChI is InChI=1S/C48H68P2.C6H6/c1-2-4-44(30-50(47-23-37-11-38(24-47)13-39(12-37)25-47)48-26-40-14-41(27-48)16-42(15-40)28-48)43(3-1)29-49(45-17-31-5-32(18-45)7-33(6-31)19-45)46-20-34-8-35(21-46)10-36(9-34)22-46;1-2-4-6-5-3-1/h1-4,31-42H,5-30H2;1-6H. The number of rotatable bonds is 8. The van der Waals surface area contributed by atoms with E-state index in [9.17, 15) is 0 Å². The molecule has 0 aliphatic heterocycles. The highest BCUT2D eigenvalue weighted by Gasteiger charge is 2.64. The highest BCUT2D eigenvalue weighted by Crippen LogP contribution is 2.82. The lowest BCUT2D eigenvalue weighted by atomic mass is 9.55. The Balaban J connectivity index is 0.000000508. The first-order valence-electron chi connectivity index (χ1n) is 25.0. The van der Waals surface area contributed by atoms with Crippen molar-refractivity contribution in [2.45, 2.75) is 187 Å². The van der Waals surface area contributed by atoms with Crippen LogP contribution in [0.2, 0.25) is 0 Å².